The summed E-state index contributed by atoms with van der Waals surface area (Å²) in [4.78, 5) is 44.8. The summed E-state index contributed by atoms with van der Waals surface area (Å²) in [5.74, 6) is 2.21. The van der Waals surface area contributed by atoms with Crippen molar-refractivity contribution in [2.45, 2.75) is 0 Å². The molecule has 0 spiro atoms. The number of hydrogen-bond acceptors (Lipinski definition) is 16. The molecular weight excluding hydrogens is 893 g/mol. The predicted octanol–water partition coefficient (Wildman–Crippen LogP) is 6.77. The SMILES string of the molecule is C=CCOP([O-])(=S)SCC=C.C=CCOP([O-])(=S)SCC=C.C=CCOP([O-])(=S)SCC=C.C=CCOP([O-])(=S)SCC=C.[Mo+4]. The molecule has 0 rings (SSSR count). The Labute approximate surface area is 321 Å². The van der Waals surface area contributed by atoms with Crippen LogP contribution in [0.3, 0.4) is 0 Å². The zero-order valence-corrected chi connectivity index (χ0v) is 36.8. The third-order valence-corrected chi connectivity index (χ3v) is 19.4. The molecule has 21 heteroatoms. The van der Waals surface area contributed by atoms with Crippen LogP contribution in [0.4, 0.5) is 0 Å². The van der Waals surface area contributed by atoms with E-state index >= 15 is 0 Å². The van der Waals surface area contributed by atoms with Gasteiger partial charge in [0.2, 0.25) is 0 Å². The van der Waals surface area contributed by atoms with Gasteiger partial charge in [-0.1, -0.05) is 95.8 Å². The number of hydrogen-bond donors (Lipinski definition) is 0. The van der Waals surface area contributed by atoms with Crippen LogP contribution in [0.5, 0.6) is 0 Å². The summed E-state index contributed by atoms with van der Waals surface area (Å²) in [5.41, 5.74) is -11.5. The average molecular weight is 933 g/mol. The summed E-state index contributed by atoms with van der Waals surface area (Å²) < 4.78 is 19.4. The van der Waals surface area contributed by atoms with Gasteiger partial charge in [-0.25, -0.2) is 0 Å². The summed E-state index contributed by atoms with van der Waals surface area (Å²) in [7, 11) is 0. The average Bonchev–Trinajstić information content (AvgIpc) is 2.98. The van der Waals surface area contributed by atoms with Crippen LogP contribution in [0.15, 0.2) is 101 Å². The van der Waals surface area contributed by atoms with E-state index in [0.29, 0.717) is 23.0 Å². The molecule has 0 N–H and O–H groups in total. The van der Waals surface area contributed by atoms with Crippen molar-refractivity contribution >= 4 is 116 Å². The molecule has 0 bridgehead atoms. The fourth-order valence-corrected chi connectivity index (χ4v) is 11.9. The zero-order chi connectivity index (χ0) is 35.0. The van der Waals surface area contributed by atoms with Crippen LogP contribution < -0.4 is 19.6 Å². The molecule has 0 aromatic heterocycles. The van der Waals surface area contributed by atoms with Crippen LogP contribution in [-0.4, -0.2) is 49.4 Å². The largest absolute Gasteiger partial charge is 4.00 e. The van der Waals surface area contributed by atoms with E-state index in [9.17, 15) is 19.6 Å². The Morgan fingerprint density at radius 3 is 0.667 bits per heavy atom. The zero-order valence-electron chi connectivity index (χ0n) is 24.7. The van der Waals surface area contributed by atoms with E-state index in [1.807, 2.05) is 0 Å². The van der Waals surface area contributed by atoms with Gasteiger partial charge in [0.05, 0.1) is 26.4 Å². The standard InChI is InChI=1S/4C6H11O2PS2.Mo/c4*1-3-5-8-9(7,10)11-6-4-2;/h4*3-4H,1-2,5-6H2,(H,7,10);/q;;;;+4/p-4. The van der Waals surface area contributed by atoms with Crippen molar-refractivity contribution in [3.05, 3.63) is 101 Å². The van der Waals surface area contributed by atoms with Crippen molar-refractivity contribution in [1.82, 2.24) is 0 Å². The van der Waals surface area contributed by atoms with Crippen LogP contribution in [0.2, 0.25) is 0 Å². The van der Waals surface area contributed by atoms with Crippen LogP contribution in [0.25, 0.3) is 0 Å². The fourth-order valence-electron chi connectivity index (χ4n) is 1.30. The molecule has 45 heavy (non-hydrogen) atoms. The van der Waals surface area contributed by atoms with Gasteiger partial charge >= 0.3 is 21.1 Å². The molecule has 4 unspecified atom stereocenters. The molecule has 0 aromatic carbocycles. The van der Waals surface area contributed by atoms with Gasteiger partial charge in [-0.15, -0.1) is 98.2 Å². The third kappa shape index (κ3) is 50.8. The summed E-state index contributed by atoms with van der Waals surface area (Å²) in [6, 6.07) is 0. The first-order chi connectivity index (χ1) is 20.5. The Bertz CT molecular complexity index is 829. The van der Waals surface area contributed by atoms with E-state index in [0.717, 1.165) is 45.5 Å². The van der Waals surface area contributed by atoms with Gasteiger partial charge in [0.25, 0.3) is 0 Å². The van der Waals surface area contributed by atoms with E-state index in [2.05, 4.69) is 99.9 Å². The molecule has 4 atom stereocenters. The van der Waals surface area contributed by atoms with Crippen LogP contribution in [0.1, 0.15) is 0 Å². The van der Waals surface area contributed by atoms with Crippen molar-refractivity contribution in [2.24, 2.45) is 0 Å². The maximum atomic E-state index is 11.2. The quantitative estimate of drug-likeness (QED) is 0.0573. The minimum atomic E-state index is -2.87. The van der Waals surface area contributed by atoms with E-state index in [1.54, 1.807) is 24.3 Å². The van der Waals surface area contributed by atoms with Crippen LogP contribution >= 0.6 is 68.3 Å². The second kappa shape index (κ2) is 37.5. The second-order valence-electron chi connectivity index (χ2n) is 6.46. The molecule has 0 aromatic rings. The summed E-state index contributed by atoms with van der Waals surface area (Å²) in [5, 5.41) is 0. The molecule has 0 heterocycles. The molecule has 0 aliphatic rings. The van der Waals surface area contributed by atoms with Gasteiger partial charge < -0.3 is 37.7 Å². The Hall–Kier alpha value is 2.29. The van der Waals surface area contributed by atoms with Crippen LogP contribution in [-0.2, 0) is 86.4 Å². The topological polar surface area (TPSA) is 129 Å². The molecule has 0 aliphatic carbocycles. The first kappa shape index (κ1) is 56.7. The van der Waals surface area contributed by atoms with Gasteiger partial charge in [0.1, 0.15) is 0 Å². The minimum Gasteiger partial charge on any atom is -0.793 e. The van der Waals surface area contributed by atoms with Crippen molar-refractivity contribution in [2.75, 3.05) is 49.4 Å². The van der Waals surface area contributed by atoms with Gasteiger partial charge in [-0.05, 0) is 0 Å². The molecular formula is C24H40MoO8P4S8. The molecule has 8 nitrogen and oxygen atoms in total. The van der Waals surface area contributed by atoms with Gasteiger partial charge in [0, 0.05) is 45.8 Å². The smallest absolute Gasteiger partial charge is 0.793 e. The predicted molar refractivity (Wildman–Crippen MR) is 212 cm³/mol. The van der Waals surface area contributed by atoms with Crippen molar-refractivity contribution in [1.29, 1.82) is 0 Å². The first-order valence-electron chi connectivity index (χ1n) is 11.8. The molecule has 0 radical (unpaired) electrons. The van der Waals surface area contributed by atoms with Gasteiger partial charge in [-0.3, -0.25) is 0 Å². The minimum absolute atomic E-state index is 0. The molecule has 258 valence electrons. The summed E-state index contributed by atoms with van der Waals surface area (Å²) >= 11 is 23.1. The van der Waals surface area contributed by atoms with Crippen molar-refractivity contribution in [3.8, 4) is 0 Å². The Morgan fingerprint density at radius 1 is 0.400 bits per heavy atom. The molecule has 0 saturated heterocycles. The third-order valence-electron chi connectivity index (χ3n) is 2.80. The molecule has 0 aliphatic heterocycles. The van der Waals surface area contributed by atoms with Gasteiger partial charge in [0.15, 0.2) is 0 Å². The monoisotopic (exact) mass is 934 g/mol. The van der Waals surface area contributed by atoms with E-state index < -0.39 is 22.8 Å². The van der Waals surface area contributed by atoms with Crippen molar-refractivity contribution in [3.63, 3.8) is 0 Å². The fraction of sp³-hybridized carbons (Fsp3) is 0.333. The number of rotatable bonds is 24. The summed E-state index contributed by atoms with van der Waals surface area (Å²) in [6.07, 6.45) is 12.6. The van der Waals surface area contributed by atoms with E-state index in [4.69, 9.17) is 18.1 Å². The first-order valence-corrected chi connectivity index (χ1v) is 28.7. The maximum Gasteiger partial charge on any atom is 4.00 e. The second-order valence-corrected chi connectivity index (χ2v) is 30.9. The van der Waals surface area contributed by atoms with Crippen molar-refractivity contribution < 1.29 is 58.7 Å². The Kier molecular flexibility index (Phi) is 47.3. The molecule has 0 amide bonds. The Balaban J connectivity index is -0.000000157. The Morgan fingerprint density at radius 2 is 0.556 bits per heavy atom. The molecule has 0 saturated carbocycles. The van der Waals surface area contributed by atoms with E-state index in [-0.39, 0.29) is 47.5 Å². The van der Waals surface area contributed by atoms with Gasteiger partial charge in [-0.2, -0.15) is 0 Å². The molecule has 0 fully saturated rings. The normalized spacial score (nSPS) is 15.0. The summed E-state index contributed by atoms with van der Waals surface area (Å²) in [6.45, 7) is 28.6. The maximum absolute atomic E-state index is 11.2. The van der Waals surface area contributed by atoms with E-state index in [1.165, 1.54) is 24.3 Å². The van der Waals surface area contributed by atoms with Crippen LogP contribution in [0, 0.1) is 0 Å².